The van der Waals surface area contributed by atoms with Crippen molar-refractivity contribution in [1.82, 2.24) is 0 Å². The smallest absolute Gasteiger partial charge is 0.320 e. The fraction of sp³-hybridized carbons (Fsp3) is 0.276. The maximum atomic E-state index is 13.6. The molecular weight excluding hydrogens is 447 g/mol. The third-order valence-corrected chi connectivity index (χ3v) is 6.35. The van der Waals surface area contributed by atoms with E-state index >= 15 is 0 Å². The van der Waals surface area contributed by atoms with Gasteiger partial charge in [0, 0.05) is 12.3 Å². The Kier molecular flexibility index (Phi) is 8.03. The number of benzene rings is 3. The summed E-state index contributed by atoms with van der Waals surface area (Å²) in [6.07, 6.45) is 1.36. The van der Waals surface area contributed by atoms with Gasteiger partial charge < -0.3 is 9.47 Å². The SMILES string of the molecule is O=C(OCc1ccccc1)C(C(=O)OCc1ccccc1)[C@@H]1CCCC(=O)[C@H]1c1ccc(F)cc1. The number of esters is 2. The van der Waals surface area contributed by atoms with Crippen LogP contribution < -0.4 is 0 Å². The summed E-state index contributed by atoms with van der Waals surface area (Å²) in [4.78, 5) is 39.6. The highest BCUT2D eigenvalue weighted by Gasteiger charge is 2.46. The number of carbonyl (C=O) groups excluding carboxylic acids is 3. The lowest BCUT2D eigenvalue weighted by molar-refractivity contribution is -0.167. The monoisotopic (exact) mass is 474 g/mol. The molecule has 35 heavy (non-hydrogen) atoms. The van der Waals surface area contributed by atoms with E-state index < -0.39 is 35.5 Å². The lowest BCUT2D eigenvalue weighted by Crippen LogP contribution is -2.41. The minimum atomic E-state index is -1.28. The van der Waals surface area contributed by atoms with Crippen molar-refractivity contribution in [3.63, 3.8) is 0 Å². The molecule has 0 heterocycles. The van der Waals surface area contributed by atoms with Crippen LogP contribution in [0.15, 0.2) is 84.9 Å². The second-order valence-electron chi connectivity index (χ2n) is 8.72. The minimum Gasteiger partial charge on any atom is -0.460 e. The first-order chi connectivity index (χ1) is 17.0. The highest BCUT2D eigenvalue weighted by molar-refractivity contribution is 5.97. The number of rotatable bonds is 8. The summed E-state index contributed by atoms with van der Waals surface area (Å²) in [6.45, 7) is 0.00798. The molecule has 0 bridgehead atoms. The second kappa shape index (κ2) is 11.6. The third kappa shape index (κ3) is 6.21. The van der Waals surface area contributed by atoms with Gasteiger partial charge in [-0.3, -0.25) is 14.4 Å². The van der Waals surface area contributed by atoms with Crippen molar-refractivity contribution in [1.29, 1.82) is 0 Å². The number of ether oxygens (including phenoxy) is 2. The summed E-state index contributed by atoms with van der Waals surface area (Å²) in [6, 6.07) is 24.0. The van der Waals surface area contributed by atoms with E-state index in [9.17, 15) is 18.8 Å². The maximum Gasteiger partial charge on any atom is 0.320 e. The quantitative estimate of drug-likeness (QED) is 0.324. The fourth-order valence-corrected chi connectivity index (χ4v) is 4.62. The van der Waals surface area contributed by atoms with Crippen LogP contribution in [-0.4, -0.2) is 17.7 Å². The van der Waals surface area contributed by atoms with E-state index in [-0.39, 0.29) is 19.0 Å². The van der Waals surface area contributed by atoms with Crippen LogP contribution in [0.2, 0.25) is 0 Å². The predicted molar refractivity (Wildman–Crippen MR) is 127 cm³/mol. The van der Waals surface area contributed by atoms with Gasteiger partial charge in [0.2, 0.25) is 0 Å². The number of halogens is 1. The number of hydrogen-bond donors (Lipinski definition) is 0. The van der Waals surface area contributed by atoms with Crippen molar-refractivity contribution in [3.8, 4) is 0 Å². The number of ketones is 1. The molecule has 0 saturated heterocycles. The van der Waals surface area contributed by atoms with Crippen LogP contribution in [-0.2, 0) is 37.1 Å². The Morgan fingerprint density at radius 1 is 0.800 bits per heavy atom. The molecule has 0 spiro atoms. The Morgan fingerprint density at radius 3 is 1.83 bits per heavy atom. The standard InChI is InChI=1S/C29H27FO5/c30-23-16-14-22(15-17-23)26-24(12-7-13-25(26)31)27(28(32)34-18-20-8-3-1-4-9-20)29(33)35-19-21-10-5-2-6-11-21/h1-6,8-11,14-17,24,26-27H,7,12-13,18-19H2/t24-,26+/m1/s1. The van der Waals surface area contributed by atoms with Crippen molar-refractivity contribution in [3.05, 3.63) is 107 Å². The van der Waals surface area contributed by atoms with Gasteiger partial charge in [-0.2, -0.15) is 0 Å². The van der Waals surface area contributed by atoms with Crippen LogP contribution in [0, 0.1) is 17.7 Å². The van der Waals surface area contributed by atoms with Crippen molar-refractivity contribution >= 4 is 17.7 Å². The summed E-state index contributed by atoms with van der Waals surface area (Å²) in [5.41, 5.74) is 2.15. The molecule has 1 aliphatic rings. The van der Waals surface area contributed by atoms with Crippen LogP contribution in [0.3, 0.4) is 0 Å². The van der Waals surface area contributed by atoms with Crippen molar-refractivity contribution in [2.24, 2.45) is 11.8 Å². The van der Waals surface area contributed by atoms with Crippen LogP contribution in [0.25, 0.3) is 0 Å². The Labute approximate surface area is 203 Å². The lowest BCUT2D eigenvalue weighted by Gasteiger charge is -2.34. The highest BCUT2D eigenvalue weighted by Crippen LogP contribution is 2.41. The molecule has 2 atom stereocenters. The van der Waals surface area contributed by atoms with E-state index in [2.05, 4.69) is 0 Å². The zero-order valence-corrected chi connectivity index (χ0v) is 19.3. The van der Waals surface area contributed by atoms with E-state index in [1.54, 1.807) is 0 Å². The first-order valence-electron chi connectivity index (χ1n) is 11.7. The van der Waals surface area contributed by atoms with E-state index in [1.807, 2.05) is 60.7 Å². The minimum absolute atomic E-state index is 0.00399. The lowest BCUT2D eigenvalue weighted by atomic mass is 9.69. The molecule has 0 aromatic heterocycles. The molecule has 0 N–H and O–H groups in total. The van der Waals surface area contributed by atoms with E-state index in [0.717, 1.165) is 11.1 Å². The molecule has 1 fully saturated rings. The molecule has 1 aliphatic carbocycles. The van der Waals surface area contributed by atoms with Gasteiger partial charge in [-0.1, -0.05) is 72.8 Å². The Bertz CT molecular complexity index is 1090. The van der Waals surface area contributed by atoms with E-state index in [1.165, 1.54) is 24.3 Å². The molecule has 1 saturated carbocycles. The molecule has 5 nitrogen and oxygen atoms in total. The first-order valence-corrected chi connectivity index (χ1v) is 11.7. The molecule has 3 aromatic rings. The summed E-state index contributed by atoms with van der Waals surface area (Å²) < 4.78 is 24.6. The third-order valence-electron chi connectivity index (χ3n) is 6.35. The number of carbonyl (C=O) groups is 3. The van der Waals surface area contributed by atoms with Gasteiger partial charge in [0.25, 0.3) is 0 Å². The molecule has 0 unspecified atom stereocenters. The topological polar surface area (TPSA) is 69.7 Å². The Balaban J connectivity index is 1.60. The van der Waals surface area contributed by atoms with Gasteiger partial charge in [-0.15, -0.1) is 0 Å². The average Bonchev–Trinajstić information content (AvgIpc) is 2.88. The van der Waals surface area contributed by atoms with Gasteiger partial charge in [0.1, 0.15) is 24.8 Å². The molecule has 3 aromatic carbocycles. The van der Waals surface area contributed by atoms with Crippen LogP contribution in [0.4, 0.5) is 4.39 Å². The van der Waals surface area contributed by atoms with Gasteiger partial charge in [-0.25, -0.2) is 4.39 Å². The van der Waals surface area contributed by atoms with Crippen molar-refractivity contribution in [2.75, 3.05) is 0 Å². The molecule has 4 rings (SSSR count). The van der Waals surface area contributed by atoms with Crippen molar-refractivity contribution in [2.45, 2.75) is 38.4 Å². The number of hydrogen-bond acceptors (Lipinski definition) is 5. The molecular formula is C29H27FO5. The summed E-state index contributed by atoms with van der Waals surface area (Å²) in [7, 11) is 0. The van der Waals surface area contributed by atoms with Gasteiger partial charge in [-0.05, 0) is 47.6 Å². The van der Waals surface area contributed by atoms with Crippen LogP contribution >= 0.6 is 0 Å². The largest absolute Gasteiger partial charge is 0.460 e. The summed E-state index contributed by atoms with van der Waals surface area (Å²) in [5.74, 6) is -4.59. The summed E-state index contributed by atoms with van der Waals surface area (Å²) in [5, 5.41) is 0. The highest BCUT2D eigenvalue weighted by atomic mass is 19.1. The Morgan fingerprint density at radius 2 is 1.31 bits per heavy atom. The first kappa shape index (κ1) is 24.3. The van der Waals surface area contributed by atoms with Gasteiger partial charge in [0.15, 0.2) is 5.92 Å². The molecule has 0 aliphatic heterocycles. The van der Waals surface area contributed by atoms with Gasteiger partial charge in [0.05, 0.1) is 0 Å². The Hall–Kier alpha value is -3.80. The second-order valence-corrected chi connectivity index (χ2v) is 8.72. The van der Waals surface area contributed by atoms with Crippen molar-refractivity contribution < 1.29 is 28.2 Å². The molecule has 0 radical (unpaired) electrons. The summed E-state index contributed by atoms with van der Waals surface area (Å²) >= 11 is 0. The maximum absolute atomic E-state index is 13.6. The average molecular weight is 475 g/mol. The van der Waals surface area contributed by atoms with E-state index in [4.69, 9.17) is 9.47 Å². The van der Waals surface area contributed by atoms with Crippen LogP contribution in [0.5, 0.6) is 0 Å². The zero-order chi connectivity index (χ0) is 24.6. The molecule has 6 heteroatoms. The fourth-order valence-electron chi connectivity index (χ4n) is 4.62. The zero-order valence-electron chi connectivity index (χ0n) is 19.3. The predicted octanol–water partition coefficient (Wildman–Crippen LogP) is 5.38. The van der Waals surface area contributed by atoms with Crippen LogP contribution in [0.1, 0.15) is 41.9 Å². The van der Waals surface area contributed by atoms with E-state index in [0.29, 0.717) is 24.8 Å². The van der Waals surface area contributed by atoms with Gasteiger partial charge >= 0.3 is 11.9 Å². The normalized spacial score (nSPS) is 17.7. The molecule has 0 amide bonds. The number of Topliss-reactive ketones (excluding diaryl/α,β-unsaturated/α-hetero) is 1. The molecule has 180 valence electrons.